The van der Waals surface area contributed by atoms with E-state index in [1.807, 2.05) is 18.9 Å². The van der Waals surface area contributed by atoms with E-state index in [1.54, 1.807) is 17.0 Å². The van der Waals surface area contributed by atoms with Gasteiger partial charge >= 0.3 is 0 Å². The molecule has 2 aromatic carbocycles. The summed E-state index contributed by atoms with van der Waals surface area (Å²) in [4.78, 5) is 16.7. The summed E-state index contributed by atoms with van der Waals surface area (Å²) < 4.78 is 23.0. The molecule has 1 unspecified atom stereocenters. The molecule has 1 atom stereocenters. The number of hydrogen-bond donors (Lipinski definition) is 1. The number of anilines is 1. The van der Waals surface area contributed by atoms with Crippen molar-refractivity contribution in [2.75, 3.05) is 25.0 Å². The summed E-state index contributed by atoms with van der Waals surface area (Å²) in [7, 11) is -1.80. The number of sulfonamides is 1. The second kappa shape index (κ2) is 7.42. The number of amides is 1. The SMILES string of the molecule is Cc1ccc(C(C)N(C)CC(=O)N2CCc3cc(S(N)(=O)=O)ccc32)cc1. The first-order valence-corrected chi connectivity index (χ1v) is 10.4. The lowest BCUT2D eigenvalue weighted by molar-refractivity contribution is -0.119. The first kappa shape index (κ1) is 19.5. The van der Waals surface area contributed by atoms with Crippen LogP contribution in [0, 0.1) is 6.92 Å². The highest BCUT2D eigenvalue weighted by Gasteiger charge is 2.27. The van der Waals surface area contributed by atoms with E-state index in [0.29, 0.717) is 13.0 Å². The van der Waals surface area contributed by atoms with Gasteiger partial charge in [-0.1, -0.05) is 29.8 Å². The van der Waals surface area contributed by atoms with Crippen LogP contribution in [0.4, 0.5) is 5.69 Å². The third-order valence-electron chi connectivity index (χ3n) is 5.18. The molecule has 0 aromatic heterocycles. The van der Waals surface area contributed by atoms with Crippen molar-refractivity contribution in [3.63, 3.8) is 0 Å². The second-order valence-corrected chi connectivity index (χ2v) is 8.69. The van der Waals surface area contributed by atoms with E-state index in [9.17, 15) is 13.2 Å². The largest absolute Gasteiger partial charge is 0.311 e. The fraction of sp³-hybridized carbons (Fsp3) is 0.350. The minimum absolute atomic E-state index is 0.00133. The van der Waals surface area contributed by atoms with Gasteiger partial charge in [-0.15, -0.1) is 0 Å². The molecular formula is C20H25N3O3S. The maximum Gasteiger partial charge on any atom is 0.241 e. The van der Waals surface area contributed by atoms with Crippen LogP contribution in [0.25, 0.3) is 0 Å². The number of rotatable bonds is 5. The maximum absolute atomic E-state index is 12.8. The minimum Gasteiger partial charge on any atom is -0.311 e. The van der Waals surface area contributed by atoms with Crippen molar-refractivity contribution in [2.24, 2.45) is 5.14 Å². The number of primary sulfonamides is 1. The van der Waals surface area contributed by atoms with E-state index in [0.717, 1.165) is 16.8 Å². The second-order valence-electron chi connectivity index (χ2n) is 7.13. The zero-order valence-corrected chi connectivity index (χ0v) is 16.7. The number of hydrogen-bond acceptors (Lipinski definition) is 4. The van der Waals surface area contributed by atoms with Crippen LogP contribution in [0.2, 0.25) is 0 Å². The van der Waals surface area contributed by atoms with E-state index in [2.05, 4.69) is 31.2 Å². The molecule has 1 aliphatic rings. The van der Waals surface area contributed by atoms with Crippen LogP contribution >= 0.6 is 0 Å². The molecule has 1 heterocycles. The number of carbonyl (C=O) groups excluding carboxylic acids is 1. The predicted molar refractivity (Wildman–Crippen MR) is 106 cm³/mol. The predicted octanol–water partition coefficient (Wildman–Crippen LogP) is 2.22. The van der Waals surface area contributed by atoms with Gasteiger partial charge in [-0.3, -0.25) is 9.69 Å². The van der Waals surface area contributed by atoms with Crippen molar-refractivity contribution < 1.29 is 13.2 Å². The highest BCUT2D eigenvalue weighted by molar-refractivity contribution is 7.89. The molecule has 0 saturated carbocycles. The third-order valence-corrected chi connectivity index (χ3v) is 6.09. The van der Waals surface area contributed by atoms with E-state index >= 15 is 0 Å². The Morgan fingerprint density at radius 1 is 1.22 bits per heavy atom. The number of aryl methyl sites for hydroxylation is 1. The van der Waals surface area contributed by atoms with Gasteiger partial charge in [0.25, 0.3) is 0 Å². The highest BCUT2D eigenvalue weighted by atomic mass is 32.2. The van der Waals surface area contributed by atoms with E-state index in [-0.39, 0.29) is 23.4 Å². The number of benzene rings is 2. The molecule has 1 aliphatic heterocycles. The Morgan fingerprint density at radius 3 is 2.52 bits per heavy atom. The van der Waals surface area contributed by atoms with Crippen molar-refractivity contribution in [1.82, 2.24) is 4.90 Å². The number of fused-ring (bicyclic) bond motifs is 1. The van der Waals surface area contributed by atoms with Gasteiger partial charge < -0.3 is 4.90 Å². The summed E-state index contributed by atoms with van der Waals surface area (Å²) in [6, 6.07) is 13.1. The van der Waals surface area contributed by atoms with Crippen LogP contribution < -0.4 is 10.0 Å². The topological polar surface area (TPSA) is 83.7 Å². The van der Waals surface area contributed by atoms with Gasteiger partial charge in [0.2, 0.25) is 15.9 Å². The van der Waals surface area contributed by atoms with Crippen molar-refractivity contribution in [3.8, 4) is 0 Å². The number of carbonyl (C=O) groups is 1. The summed E-state index contributed by atoms with van der Waals surface area (Å²) in [6.45, 7) is 4.96. The van der Waals surface area contributed by atoms with Crippen LogP contribution in [0.15, 0.2) is 47.4 Å². The van der Waals surface area contributed by atoms with Gasteiger partial charge in [0.05, 0.1) is 11.4 Å². The fourth-order valence-electron chi connectivity index (χ4n) is 3.35. The van der Waals surface area contributed by atoms with Gasteiger partial charge in [0.1, 0.15) is 0 Å². The van der Waals surface area contributed by atoms with Crippen molar-refractivity contribution in [1.29, 1.82) is 0 Å². The normalized spacial score (nSPS) is 15.1. The van der Waals surface area contributed by atoms with E-state index < -0.39 is 10.0 Å². The molecule has 0 saturated heterocycles. The van der Waals surface area contributed by atoms with E-state index in [4.69, 9.17) is 5.14 Å². The fourth-order valence-corrected chi connectivity index (χ4v) is 3.91. The zero-order valence-electron chi connectivity index (χ0n) is 15.8. The van der Waals surface area contributed by atoms with Crippen LogP contribution in [0.5, 0.6) is 0 Å². The average Bonchev–Trinajstić information content (AvgIpc) is 3.04. The van der Waals surface area contributed by atoms with Crippen LogP contribution in [-0.4, -0.2) is 39.4 Å². The van der Waals surface area contributed by atoms with Crippen LogP contribution in [-0.2, 0) is 21.2 Å². The Labute approximate surface area is 160 Å². The van der Waals surface area contributed by atoms with Crippen LogP contribution in [0.1, 0.15) is 29.7 Å². The lowest BCUT2D eigenvalue weighted by atomic mass is 10.1. The number of nitrogens with two attached hydrogens (primary N) is 1. The molecule has 0 bridgehead atoms. The van der Waals surface area contributed by atoms with Crippen LogP contribution in [0.3, 0.4) is 0 Å². The summed E-state index contributed by atoms with van der Waals surface area (Å²) in [6.07, 6.45) is 0.627. The molecular weight excluding hydrogens is 362 g/mol. The quantitative estimate of drug-likeness (QED) is 0.853. The Kier molecular flexibility index (Phi) is 5.37. The average molecular weight is 388 g/mol. The minimum atomic E-state index is -3.74. The molecule has 6 nitrogen and oxygen atoms in total. The molecule has 2 N–H and O–H groups in total. The molecule has 7 heteroatoms. The molecule has 27 heavy (non-hydrogen) atoms. The lowest BCUT2D eigenvalue weighted by Crippen LogP contribution is -2.39. The Bertz CT molecular complexity index is 955. The number of likely N-dealkylation sites (N-methyl/N-ethyl adjacent to an activating group) is 1. The first-order chi connectivity index (χ1) is 12.7. The zero-order chi connectivity index (χ0) is 19.8. The highest BCUT2D eigenvalue weighted by Crippen LogP contribution is 2.30. The summed E-state index contributed by atoms with van der Waals surface area (Å²) in [5, 5.41) is 5.19. The Morgan fingerprint density at radius 2 is 1.89 bits per heavy atom. The van der Waals surface area contributed by atoms with Gasteiger partial charge in [-0.05, 0) is 56.6 Å². The lowest BCUT2D eigenvalue weighted by Gasteiger charge is -2.27. The molecule has 144 valence electrons. The molecule has 2 aromatic rings. The van der Waals surface area contributed by atoms with Gasteiger partial charge in [-0.2, -0.15) is 0 Å². The summed E-state index contributed by atoms with van der Waals surface area (Å²) >= 11 is 0. The molecule has 0 fully saturated rings. The van der Waals surface area contributed by atoms with Crippen molar-refractivity contribution in [3.05, 3.63) is 59.2 Å². The van der Waals surface area contributed by atoms with Crippen molar-refractivity contribution in [2.45, 2.75) is 31.2 Å². The van der Waals surface area contributed by atoms with Gasteiger partial charge in [-0.25, -0.2) is 13.6 Å². The molecule has 3 rings (SSSR count). The Hall–Kier alpha value is -2.22. The van der Waals surface area contributed by atoms with Gasteiger partial charge in [0, 0.05) is 18.3 Å². The smallest absolute Gasteiger partial charge is 0.241 e. The van der Waals surface area contributed by atoms with E-state index in [1.165, 1.54) is 11.6 Å². The molecule has 0 radical (unpaired) electrons. The van der Waals surface area contributed by atoms with Gasteiger partial charge in [0.15, 0.2) is 0 Å². The maximum atomic E-state index is 12.8. The monoisotopic (exact) mass is 387 g/mol. The standard InChI is InChI=1S/C20H25N3O3S/c1-14-4-6-16(7-5-14)15(2)22(3)13-20(24)23-11-10-17-12-18(27(21,25)26)8-9-19(17)23/h4-9,12,15H,10-11,13H2,1-3H3,(H2,21,25,26). The molecule has 1 amide bonds. The third kappa shape index (κ3) is 4.21. The Balaban J connectivity index is 1.72. The number of nitrogens with zero attached hydrogens (tertiary/aromatic N) is 2. The molecule has 0 aliphatic carbocycles. The summed E-state index contributed by atoms with van der Waals surface area (Å²) in [5.74, 6) is -0.00133. The summed E-state index contributed by atoms with van der Waals surface area (Å²) in [5.41, 5.74) is 3.97. The molecule has 0 spiro atoms. The first-order valence-electron chi connectivity index (χ1n) is 8.89. The van der Waals surface area contributed by atoms with Crippen molar-refractivity contribution >= 4 is 21.6 Å².